The summed E-state index contributed by atoms with van der Waals surface area (Å²) in [5.74, 6) is 0.551. The molecule has 0 aliphatic rings. The molecule has 0 aliphatic carbocycles. The Kier molecular flexibility index (Phi) is 6.52. The minimum atomic E-state index is 0.0949. The highest BCUT2D eigenvalue weighted by atomic mass is 16.2. The van der Waals surface area contributed by atoms with Crippen molar-refractivity contribution in [3.8, 4) is 0 Å². The predicted octanol–water partition coefficient (Wildman–Crippen LogP) is 2.20. The Morgan fingerprint density at radius 1 is 1.20 bits per heavy atom. The highest BCUT2D eigenvalue weighted by Gasteiger charge is 2.16. The third-order valence-electron chi connectivity index (χ3n) is 3.14. The first kappa shape index (κ1) is 16.5. The second kappa shape index (κ2) is 7.90. The molecule has 4 nitrogen and oxygen atoms in total. The van der Waals surface area contributed by atoms with Gasteiger partial charge >= 0.3 is 0 Å². The molecular weight excluding hydrogens is 250 g/mol. The standard InChI is InChI=1S/C16H27N3O/c1-13(2)12-19(11-5-10-17)16(20)14-6-8-15(9-7-14)18(3)4/h6-9,13H,5,10-12,17H2,1-4H3. The summed E-state index contributed by atoms with van der Waals surface area (Å²) in [6.45, 7) is 6.36. The zero-order valence-electron chi connectivity index (χ0n) is 13.1. The minimum absolute atomic E-state index is 0.0949. The summed E-state index contributed by atoms with van der Waals surface area (Å²) >= 11 is 0. The van der Waals surface area contributed by atoms with E-state index in [9.17, 15) is 4.79 Å². The maximum atomic E-state index is 12.5. The normalized spacial score (nSPS) is 10.7. The van der Waals surface area contributed by atoms with Crippen LogP contribution in [0.1, 0.15) is 30.6 Å². The van der Waals surface area contributed by atoms with Crippen LogP contribution in [-0.2, 0) is 0 Å². The minimum Gasteiger partial charge on any atom is -0.378 e. The number of nitrogens with zero attached hydrogens (tertiary/aromatic N) is 2. The van der Waals surface area contributed by atoms with Gasteiger partial charge in [0.25, 0.3) is 5.91 Å². The third-order valence-corrected chi connectivity index (χ3v) is 3.14. The van der Waals surface area contributed by atoms with Crippen molar-refractivity contribution in [3.63, 3.8) is 0 Å². The van der Waals surface area contributed by atoms with Crippen LogP contribution in [0.25, 0.3) is 0 Å². The van der Waals surface area contributed by atoms with Gasteiger partial charge in [0.1, 0.15) is 0 Å². The van der Waals surface area contributed by atoms with Gasteiger partial charge in [-0.2, -0.15) is 0 Å². The number of carbonyl (C=O) groups excluding carboxylic acids is 1. The van der Waals surface area contributed by atoms with E-state index in [4.69, 9.17) is 5.73 Å². The molecule has 0 radical (unpaired) electrons. The molecule has 1 rings (SSSR count). The largest absolute Gasteiger partial charge is 0.378 e. The van der Waals surface area contributed by atoms with Gasteiger partial charge in [-0.05, 0) is 43.1 Å². The zero-order chi connectivity index (χ0) is 15.1. The van der Waals surface area contributed by atoms with E-state index in [1.807, 2.05) is 48.2 Å². The van der Waals surface area contributed by atoms with Crippen LogP contribution < -0.4 is 10.6 Å². The second-order valence-electron chi connectivity index (χ2n) is 5.73. The molecule has 0 heterocycles. The molecule has 1 amide bonds. The van der Waals surface area contributed by atoms with E-state index < -0.39 is 0 Å². The number of rotatable bonds is 7. The average molecular weight is 277 g/mol. The maximum absolute atomic E-state index is 12.5. The van der Waals surface area contributed by atoms with Gasteiger partial charge in [-0.1, -0.05) is 13.8 Å². The van der Waals surface area contributed by atoms with Gasteiger partial charge in [-0.25, -0.2) is 0 Å². The Balaban J connectivity index is 2.81. The number of nitrogens with two attached hydrogens (primary N) is 1. The van der Waals surface area contributed by atoms with Crippen LogP contribution in [0.15, 0.2) is 24.3 Å². The lowest BCUT2D eigenvalue weighted by Gasteiger charge is -2.25. The lowest BCUT2D eigenvalue weighted by atomic mass is 10.1. The Labute approximate surface area is 122 Å². The Morgan fingerprint density at radius 2 is 1.80 bits per heavy atom. The van der Waals surface area contributed by atoms with E-state index in [-0.39, 0.29) is 5.91 Å². The van der Waals surface area contributed by atoms with E-state index in [2.05, 4.69) is 13.8 Å². The summed E-state index contributed by atoms with van der Waals surface area (Å²) in [5.41, 5.74) is 7.40. The number of hydrogen-bond donors (Lipinski definition) is 1. The van der Waals surface area contributed by atoms with Gasteiger partial charge in [-0.3, -0.25) is 4.79 Å². The molecule has 0 aromatic heterocycles. The summed E-state index contributed by atoms with van der Waals surface area (Å²) in [6.07, 6.45) is 0.842. The Morgan fingerprint density at radius 3 is 2.25 bits per heavy atom. The SMILES string of the molecule is CC(C)CN(CCCN)C(=O)c1ccc(N(C)C)cc1. The van der Waals surface area contributed by atoms with Crippen LogP contribution >= 0.6 is 0 Å². The summed E-state index contributed by atoms with van der Waals surface area (Å²) < 4.78 is 0. The van der Waals surface area contributed by atoms with Gasteiger partial charge in [0.05, 0.1) is 0 Å². The molecule has 0 spiro atoms. The molecule has 1 aromatic rings. The molecule has 112 valence electrons. The van der Waals surface area contributed by atoms with Crippen molar-refractivity contribution >= 4 is 11.6 Å². The summed E-state index contributed by atoms with van der Waals surface area (Å²) in [6, 6.07) is 7.74. The molecule has 0 bridgehead atoms. The van der Waals surface area contributed by atoms with Crippen LogP contribution in [0.5, 0.6) is 0 Å². The first-order chi connectivity index (χ1) is 9.45. The molecule has 0 fully saturated rings. The molecule has 0 saturated carbocycles. The predicted molar refractivity (Wildman–Crippen MR) is 85.2 cm³/mol. The van der Waals surface area contributed by atoms with Gasteiger partial charge in [-0.15, -0.1) is 0 Å². The van der Waals surface area contributed by atoms with Crippen LogP contribution in [0.4, 0.5) is 5.69 Å². The highest BCUT2D eigenvalue weighted by Crippen LogP contribution is 2.14. The van der Waals surface area contributed by atoms with Crippen LogP contribution in [-0.4, -0.2) is 44.5 Å². The molecule has 0 unspecified atom stereocenters. The van der Waals surface area contributed by atoms with Crippen molar-refractivity contribution in [2.45, 2.75) is 20.3 Å². The van der Waals surface area contributed by atoms with Crippen molar-refractivity contribution in [1.29, 1.82) is 0 Å². The summed E-state index contributed by atoms with van der Waals surface area (Å²) in [5, 5.41) is 0. The van der Waals surface area contributed by atoms with Gasteiger partial charge in [0.15, 0.2) is 0 Å². The van der Waals surface area contributed by atoms with Crippen LogP contribution in [0, 0.1) is 5.92 Å². The zero-order valence-corrected chi connectivity index (χ0v) is 13.1. The summed E-state index contributed by atoms with van der Waals surface area (Å²) in [4.78, 5) is 16.5. The van der Waals surface area contributed by atoms with Crippen molar-refractivity contribution in [2.24, 2.45) is 11.7 Å². The van der Waals surface area contributed by atoms with E-state index in [0.29, 0.717) is 12.5 Å². The molecule has 2 N–H and O–H groups in total. The third kappa shape index (κ3) is 4.85. The fourth-order valence-electron chi connectivity index (χ4n) is 2.08. The molecule has 0 aliphatic heterocycles. The molecule has 4 heteroatoms. The van der Waals surface area contributed by atoms with E-state index in [1.54, 1.807) is 0 Å². The second-order valence-corrected chi connectivity index (χ2v) is 5.73. The maximum Gasteiger partial charge on any atom is 0.253 e. The highest BCUT2D eigenvalue weighted by molar-refractivity contribution is 5.94. The fourth-order valence-corrected chi connectivity index (χ4v) is 2.08. The number of carbonyl (C=O) groups is 1. The average Bonchev–Trinajstić information content (AvgIpc) is 2.42. The quantitative estimate of drug-likeness (QED) is 0.831. The van der Waals surface area contributed by atoms with Gasteiger partial charge in [0.2, 0.25) is 0 Å². The van der Waals surface area contributed by atoms with Crippen molar-refractivity contribution in [2.75, 3.05) is 38.6 Å². The monoisotopic (exact) mass is 277 g/mol. The Bertz CT molecular complexity index is 412. The molecule has 20 heavy (non-hydrogen) atoms. The number of benzene rings is 1. The van der Waals surface area contributed by atoms with Gasteiger partial charge < -0.3 is 15.5 Å². The first-order valence-corrected chi connectivity index (χ1v) is 7.22. The summed E-state index contributed by atoms with van der Waals surface area (Å²) in [7, 11) is 3.98. The number of hydrogen-bond acceptors (Lipinski definition) is 3. The molecular formula is C16H27N3O. The van der Waals surface area contributed by atoms with E-state index in [1.165, 1.54) is 0 Å². The molecule has 1 aromatic carbocycles. The topological polar surface area (TPSA) is 49.6 Å². The lowest BCUT2D eigenvalue weighted by Crippen LogP contribution is -2.35. The van der Waals surface area contributed by atoms with E-state index >= 15 is 0 Å². The first-order valence-electron chi connectivity index (χ1n) is 7.22. The van der Waals surface area contributed by atoms with Crippen molar-refractivity contribution < 1.29 is 4.79 Å². The van der Waals surface area contributed by atoms with Gasteiger partial charge in [0, 0.05) is 38.4 Å². The Hall–Kier alpha value is -1.55. The lowest BCUT2D eigenvalue weighted by molar-refractivity contribution is 0.0735. The van der Waals surface area contributed by atoms with Crippen LogP contribution in [0.3, 0.4) is 0 Å². The molecule has 0 saturated heterocycles. The fraction of sp³-hybridized carbons (Fsp3) is 0.562. The molecule has 0 atom stereocenters. The van der Waals surface area contributed by atoms with E-state index in [0.717, 1.165) is 30.8 Å². The van der Waals surface area contributed by atoms with Crippen molar-refractivity contribution in [3.05, 3.63) is 29.8 Å². The van der Waals surface area contributed by atoms with Crippen molar-refractivity contribution in [1.82, 2.24) is 4.90 Å². The smallest absolute Gasteiger partial charge is 0.253 e. The number of amides is 1. The van der Waals surface area contributed by atoms with Crippen LogP contribution in [0.2, 0.25) is 0 Å². The number of anilines is 1.